The number of rotatable bonds is 5. The first-order valence-electron chi connectivity index (χ1n) is 7.83. The molecule has 1 N–H and O–H groups in total. The van der Waals surface area contributed by atoms with Crippen LogP contribution in [0.3, 0.4) is 0 Å². The second-order valence-electron chi connectivity index (χ2n) is 6.09. The molecule has 4 heteroatoms. The standard InChI is InChI=1S/C17H25BrN2O/c1-13(12-20-9-4-3-5-10-20)11-19-17(21)15-7-6-8-16(18)14(15)2/h6-8,13H,3-5,9-12H2,1-2H3,(H,19,21). The van der Waals surface area contributed by atoms with Gasteiger partial charge in [-0.15, -0.1) is 0 Å². The Hall–Kier alpha value is -0.870. The summed E-state index contributed by atoms with van der Waals surface area (Å²) < 4.78 is 0.983. The predicted octanol–water partition coefficient (Wildman–Crippen LogP) is 3.61. The number of piperidine rings is 1. The highest BCUT2D eigenvalue weighted by Crippen LogP contribution is 2.19. The third kappa shape index (κ3) is 4.82. The Kier molecular flexibility index (Phi) is 6.24. The fraction of sp³-hybridized carbons (Fsp3) is 0.588. The molecule has 1 aliphatic heterocycles. The van der Waals surface area contributed by atoms with Gasteiger partial charge in [-0.3, -0.25) is 4.79 Å². The minimum absolute atomic E-state index is 0.0271. The van der Waals surface area contributed by atoms with Gasteiger partial charge in [-0.2, -0.15) is 0 Å². The van der Waals surface area contributed by atoms with Crippen molar-refractivity contribution in [3.8, 4) is 0 Å². The van der Waals surface area contributed by atoms with E-state index in [4.69, 9.17) is 0 Å². The van der Waals surface area contributed by atoms with Crippen molar-refractivity contribution in [1.29, 1.82) is 0 Å². The number of amides is 1. The van der Waals surface area contributed by atoms with E-state index < -0.39 is 0 Å². The van der Waals surface area contributed by atoms with E-state index in [1.165, 1.54) is 32.4 Å². The molecule has 1 unspecified atom stereocenters. The Morgan fingerprint density at radius 2 is 2.05 bits per heavy atom. The van der Waals surface area contributed by atoms with Crippen LogP contribution >= 0.6 is 15.9 Å². The largest absolute Gasteiger partial charge is 0.352 e. The van der Waals surface area contributed by atoms with Gasteiger partial charge in [0.15, 0.2) is 0 Å². The van der Waals surface area contributed by atoms with E-state index >= 15 is 0 Å². The molecule has 0 saturated carbocycles. The Bertz CT molecular complexity index is 484. The van der Waals surface area contributed by atoms with Gasteiger partial charge < -0.3 is 10.2 Å². The smallest absolute Gasteiger partial charge is 0.251 e. The van der Waals surface area contributed by atoms with E-state index in [1.807, 2.05) is 25.1 Å². The van der Waals surface area contributed by atoms with Gasteiger partial charge in [0, 0.05) is 23.1 Å². The van der Waals surface area contributed by atoms with Crippen molar-refractivity contribution >= 4 is 21.8 Å². The molecule has 1 amide bonds. The molecule has 0 bridgehead atoms. The number of nitrogens with one attached hydrogen (secondary N) is 1. The van der Waals surface area contributed by atoms with Crippen LogP contribution in [0.2, 0.25) is 0 Å². The highest BCUT2D eigenvalue weighted by Gasteiger charge is 2.15. The van der Waals surface area contributed by atoms with Crippen molar-refractivity contribution in [2.75, 3.05) is 26.2 Å². The van der Waals surface area contributed by atoms with Crippen LogP contribution < -0.4 is 5.32 Å². The number of carbonyl (C=O) groups is 1. The summed E-state index contributed by atoms with van der Waals surface area (Å²) in [6.45, 7) is 8.42. The fourth-order valence-electron chi connectivity index (χ4n) is 2.86. The van der Waals surface area contributed by atoms with Crippen molar-refractivity contribution < 1.29 is 4.79 Å². The molecule has 1 aromatic carbocycles. The van der Waals surface area contributed by atoms with Crippen LogP contribution in [-0.4, -0.2) is 37.0 Å². The van der Waals surface area contributed by atoms with E-state index in [0.717, 1.165) is 28.7 Å². The summed E-state index contributed by atoms with van der Waals surface area (Å²) in [4.78, 5) is 14.8. The van der Waals surface area contributed by atoms with E-state index in [1.54, 1.807) is 0 Å². The highest BCUT2D eigenvalue weighted by molar-refractivity contribution is 9.10. The average Bonchev–Trinajstić information content (AvgIpc) is 2.48. The average molecular weight is 353 g/mol. The molecule has 0 radical (unpaired) electrons. The van der Waals surface area contributed by atoms with Crippen LogP contribution in [0.4, 0.5) is 0 Å². The Morgan fingerprint density at radius 3 is 2.76 bits per heavy atom. The molecular weight excluding hydrogens is 328 g/mol. The lowest BCUT2D eigenvalue weighted by Crippen LogP contribution is -2.38. The van der Waals surface area contributed by atoms with E-state index in [0.29, 0.717) is 5.92 Å². The molecule has 0 aliphatic carbocycles. The van der Waals surface area contributed by atoms with Crippen LogP contribution in [0.5, 0.6) is 0 Å². The van der Waals surface area contributed by atoms with E-state index in [9.17, 15) is 4.79 Å². The number of hydrogen-bond donors (Lipinski definition) is 1. The summed E-state index contributed by atoms with van der Waals surface area (Å²) in [5.74, 6) is 0.513. The van der Waals surface area contributed by atoms with Crippen LogP contribution in [0.25, 0.3) is 0 Å². The third-order valence-corrected chi connectivity index (χ3v) is 5.00. The Labute approximate surface area is 136 Å². The molecule has 1 saturated heterocycles. The zero-order chi connectivity index (χ0) is 15.2. The van der Waals surface area contributed by atoms with Crippen LogP contribution in [-0.2, 0) is 0 Å². The molecule has 1 atom stereocenters. The zero-order valence-corrected chi connectivity index (χ0v) is 14.6. The first-order chi connectivity index (χ1) is 10.1. The monoisotopic (exact) mass is 352 g/mol. The van der Waals surface area contributed by atoms with Crippen LogP contribution in [0, 0.1) is 12.8 Å². The van der Waals surface area contributed by atoms with Crippen molar-refractivity contribution in [3.05, 3.63) is 33.8 Å². The minimum Gasteiger partial charge on any atom is -0.352 e. The molecule has 21 heavy (non-hydrogen) atoms. The molecule has 0 spiro atoms. The van der Waals surface area contributed by atoms with E-state index in [2.05, 4.69) is 33.1 Å². The van der Waals surface area contributed by atoms with Gasteiger partial charge >= 0.3 is 0 Å². The maximum absolute atomic E-state index is 12.3. The summed E-state index contributed by atoms with van der Waals surface area (Å²) in [7, 11) is 0. The molecule has 1 aliphatic rings. The van der Waals surface area contributed by atoms with Gasteiger partial charge in [0.1, 0.15) is 0 Å². The van der Waals surface area contributed by atoms with Crippen molar-refractivity contribution in [2.45, 2.75) is 33.1 Å². The van der Waals surface area contributed by atoms with Gasteiger partial charge in [-0.05, 0) is 56.5 Å². The molecular formula is C17H25BrN2O. The van der Waals surface area contributed by atoms with Gasteiger partial charge in [0.2, 0.25) is 0 Å². The maximum atomic E-state index is 12.3. The summed E-state index contributed by atoms with van der Waals surface area (Å²) in [6.07, 6.45) is 4.00. The number of halogens is 1. The number of hydrogen-bond acceptors (Lipinski definition) is 2. The Morgan fingerprint density at radius 1 is 1.33 bits per heavy atom. The number of carbonyl (C=O) groups excluding carboxylic acids is 1. The second-order valence-corrected chi connectivity index (χ2v) is 6.94. The van der Waals surface area contributed by atoms with Crippen molar-refractivity contribution in [3.63, 3.8) is 0 Å². The molecule has 3 nitrogen and oxygen atoms in total. The number of benzene rings is 1. The van der Waals surface area contributed by atoms with Gasteiger partial charge in [0.25, 0.3) is 5.91 Å². The number of likely N-dealkylation sites (tertiary alicyclic amines) is 1. The number of nitrogens with zero attached hydrogens (tertiary/aromatic N) is 1. The van der Waals surface area contributed by atoms with Crippen molar-refractivity contribution in [2.24, 2.45) is 5.92 Å². The molecule has 1 heterocycles. The summed E-state index contributed by atoms with van der Waals surface area (Å²) in [6, 6.07) is 5.75. The summed E-state index contributed by atoms with van der Waals surface area (Å²) in [5, 5.41) is 3.07. The SMILES string of the molecule is Cc1c(Br)cccc1C(=O)NCC(C)CN1CCCCC1. The zero-order valence-electron chi connectivity index (χ0n) is 13.0. The first-order valence-corrected chi connectivity index (χ1v) is 8.63. The molecule has 1 fully saturated rings. The lowest BCUT2D eigenvalue weighted by atomic mass is 10.1. The normalized spacial score (nSPS) is 17.5. The van der Waals surface area contributed by atoms with Crippen LogP contribution in [0.15, 0.2) is 22.7 Å². The van der Waals surface area contributed by atoms with Gasteiger partial charge in [-0.25, -0.2) is 0 Å². The topological polar surface area (TPSA) is 32.3 Å². The minimum atomic E-state index is 0.0271. The third-order valence-electron chi connectivity index (χ3n) is 4.14. The van der Waals surface area contributed by atoms with Crippen molar-refractivity contribution in [1.82, 2.24) is 10.2 Å². The predicted molar refractivity (Wildman–Crippen MR) is 90.7 cm³/mol. The Balaban J connectivity index is 1.81. The molecule has 0 aromatic heterocycles. The summed E-state index contributed by atoms with van der Waals surface area (Å²) in [5.41, 5.74) is 1.76. The molecule has 116 valence electrons. The second kappa shape index (κ2) is 7.95. The quantitative estimate of drug-likeness (QED) is 0.877. The molecule has 2 rings (SSSR count). The lowest BCUT2D eigenvalue weighted by Gasteiger charge is -2.29. The fourth-order valence-corrected chi connectivity index (χ4v) is 3.23. The summed E-state index contributed by atoms with van der Waals surface area (Å²) >= 11 is 3.47. The van der Waals surface area contributed by atoms with Crippen LogP contribution in [0.1, 0.15) is 42.1 Å². The van der Waals surface area contributed by atoms with Gasteiger partial charge in [0.05, 0.1) is 0 Å². The first kappa shape index (κ1) is 16.5. The van der Waals surface area contributed by atoms with E-state index in [-0.39, 0.29) is 5.91 Å². The molecule has 1 aromatic rings. The highest BCUT2D eigenvalue weighted by atomic mass is 79.9. The maximum Gasteiger partial charge on any atom is 0.251 e. The lowest BCUT2D eigenvalue weighted by molar-refractivity contribution is 0.0942. The van der Waals surface area contributed by atoms with Gasteiger partial charge in [-0.1, -0.05) is 35.3 Å².